The normalized spacial score (nSPS) is 24.6. The van der Waals surface area contributed by atoms with Gasteiger partial charge in [-0.25, -0.2) is 0 Å². The summed E-state index contributed by atoms with van der Waals surface area (Å²) in [5.74, 6) is -0.222. The number of hydrogen-bond donors (Lipinski definition) is 2. The lowest BCUT2D eigenvalue weighted by atomic mass is 10.2. The molecule has 0 aliphatic heterocycles. The van der Waals surface area contributed by atoms with Crippen molar-refractivity contribution < 1.29 is 9.59 Å². The van der Waals surface area contributed by atoms with Crippen LogP contribution in [0.15, 0.2) is 24.5 Å². The fraction of sp³-hybridized carbons (Fsp3) is 0.562. The molecule has 0 saturated heterocycles. The van der Waals surface area contributed by atoms with Gasteiger partial charge in [0.1, 0.15) is 0 Å². The molecular formula is C16H21N3O2. The van der Waals surface area contributed by atoms with Crippen LogP contribution in [0.1, 0.15) is 37.7 Å². The Hall–Kier alpha value is -1.91. The Morgan fingerprint density at radius 3 is 2.48 bits per heavy atom. The third-order valence-corrected chi connectivity index (χ3v) is 4.38. The summed E-state index contributed by atoms with van der Waals surface area (Å²) in [7, 11) is 0. The standard InChI is InChI=1S/C16H21N3O2/c20-15(18-10-11-5-7-17-8-6-11)13-9-14(13)16(21)19-12-3-1-2-4-12/h5-8,12-14H,1-4,9-10H2,(H,18,20)(H,19,21). The molecule has 2 N–H and O–H groups in total. The van der Waals surface area contributed by atoms with Crippen molar-refractivity contribution in [3.63, 3.8) is 0 Å². The van der Waals surface area contributed by atoms with E-state index in [4.69, 9.17) is 0 Å². The maximum atomic E-state index is 12.1. The molecule has 112 valence electrons. The third-order valence-electron chi connectivity index (χ3n) is 4.38. The Kier molecular flexibility index (Phi) is 4.18. The van der Waals surface area contributed by atoms with Gasteiger partial charge < -0.3 is 10.6 Å². The van der Waals surface area contributed by atoms with E-state index >= 15 is 0 Å². The number of aromatic nitrogens is 1. The molecule has 2 atom stereocenters. The van der Waals surface area contributed by atoms with Gasteiger partial charge >= 0.3 is 0 Å². The average molecular weight is 287 g/mol. The highest BCUT2D eigenvalue weighted by Crippen LogP contribution is 2.39. The molecule has 21 heavy (non-hydrogen) atoms. The Balaban J connectivity index is 1.41. The highest BCUT2D eigenvalue weighted by Gasteiger charge is 2.48. The highest BCUT2D eigenvalue weighted by atomic mass is 16.2. The Bertz CT molecular complexity index is 512. The molecule has 2 amide bonds. The zero-order chi connectivity index (χ0) is 14.7. The molecule has 0 aromatic carbocycles. The minimum absolute atomic E-state index is 0.0154. The fourth-order valence-corrected chi connectivity index (χ4v) is 2.97. The largest absolute Gasteiger partial charge is 0.353 e. The predicted octanol–water partition coefficient (Wildman–Crippen LogP) is 1.39. The summed E-state index contributed by atoms with van der Waals surface area (Å²) >= 11 is 0. The van der Waals surface area contributed by atoms with E-state index < -0.39 is 0 Å². The molecule has 2 aliphatic carbocycles. The van der Waals surface area contributed by atoms with E-state index in [2.05, 4.69) is 15.6 Å². The first-order chi connectivity index (χ1) is 10.2. The molecule has 2 aliphatic rings. The Morgan fingerprint density at radius 2 is 1.76 bits per heavy atom. The van der Waals surface area contributed by atoms with Gasteiger partial charge in [-0.1, -0.05) is 12.8 Å². The van der Waals surface area contributed by atoms with Gasteiger partial charge in [-0.2, -0.15) is 0 Å². The summed E-state index contributed by atoms with van der Waals surface area (Å²) in [6.07, 6.45) is 8.65. The van der Waals surface area contributed by atoms with E-state index in [0.717, 1.165) is 18.4 Å². The van der Waals surface area contributed by atoms with E-state index in [1.165, 1.54) is 12.8 Å². The number of hydrogen-bond acceptors (Lipinski definition) is 3. The summed E-state index contributed by atoms with van der Waals surface area (Å²) in [5.41, 5.74) is 1.02. The molecular weight excluding hydrogens is 266 g/mol. The molecule has 0 spiro atoms. The minimum Gasteiger partial charge on any atom is -0.353 e. The number of carbonyl (C=O) groups is 2. The van der Waals surface area contributed by atoms with Crippen molar-refractivity contribution in [2.24, 2.45) is 11.8 Å². The summed E-state index contributed by atoms with van der Waals surface area (Å²) < 4.78 is 0. The lowest BCUT2D eigenvalue weighted by Gasteiger charge is -2.11. The van der Waals surface area contributed by atoms with Crippen LogP contribution >= 0.6 is 0 Å². The van der Waals surface area contributed by atoms with Gasteiger partial charge in [0.25, 0.3) is 0 Å². The third kappa shape index (κ3) is 3.60. The topological polar surface area (TPSA) is 71.1 Å². The molecule has 2 fully saturated rings. The van der Waals surface area contributed by atoms with Crippen LogP contribution in [0.5, 0.6) is 0 Å². The number of carbonyl (C=O) groups excluding carboxylic acids is 2. The van der Waals surface area contributed by atoms with Crippen LogP contribution in [-0.4, -0.2) is 22.8 Å². The van der Waals surface area contributed by atoms with Gasteiger partial charge in [-0.3, -0.25) is 14.6 Å². The monoisotopic (exact) mass is 287 g/mol. The zero-order valence-corrected chi connectivity index (χ0v) is 12.0. The first kappa shape index (κ1) is 14.0. The Morgan fingerprint density at radius 1 is 1.10 bits per heavy atom. The molecule has 2 unspecified atom stereocenters. The van der Waals surface area contributed by atoms with Crippen molar-refractivity contribution in [1.82, 2.24) is 15.6 Å². The van der Waals surface area contributed by atoms with E-state index in [9.17, 15) is 9.59 Å². The first-order valence-electron chi connectivity index (χ1n) is 7.71. The van der Waals surface area contributed by atoms with Gasteiger partial charge in [0.15, 0.2) is 0 Å². The van der Waals surface area contributed by atoms with Crippen LogP contribution in [0, 0.1) is 11.8 Å². The number of nitrogens with zero attached hydrogens (tertiary/aromatic N) is 1. The molecule has 1 aromatic rings. The maximum Gasteiger partial charge on any atom is 0.224 e. The second-order valence-electron chi connectivity index (χ2n) is 6.01. The maximum absolute atomic E-state index is 12.1. The van der Waals surface area contributed by atoms with Gasteiger partial charge in [0.2, 0.25) is 11.8 Å². The van der Waals surface area contributed by atoms with Gasteiger partial charge in [-0.15, -0.1) is 0 Å². The van der Waals surface area contributed by atoms with Gasteiger partial charge in [0, 0.05) is 25.0 Å². The van der Waals surface area contributed by atoms with Crippen LogP contribution in [0.4, 0.5) is 0 Å². The second-order valence-corrected chi connectivity index (χ2v) is 6.01. The van der Waals surface area contributed by atoms with Gasteiger partial charge in [0.05, 0.1) is 11.8 Å². The van der Waals surface area contributed by atoms with E-state index in [1.54, 1.807) is 12.4 Å². The fourth-order valence-electron chi connectivity index (χ4n) is 2.97. The summed E-state index contributed by atoms with van der Waals surface area (Å²) in [6, 6.07) is 4.08. The highest BCUT2D eigenvalue weighted by molar-refractivity contribution is 5.92. The number of nitrogens with one attached hydrogen (secondary N) is 2. The quantitative estimate of drug-likeness (QED) is 0.859. The van der Waals surface area contributed by atoms with Crippen LogP contribution in [0.25, 0.3) is 0 Å². The number of amides is 2. The summed E-state index contributed by atoms with van der Waals surface area (Å²) in [6.45, 7) is 0.495. The first-order valence-corrected chi connectivity index (χ1v) is 7.71. The molecule has 1 heterocycles. The molecule has 5 heteroatoms. The molecule has 1 aromatic heterocycles. The van der Waals surface area contributed by atoms with Crippen molar-refractivity contribution in [3.8, 4) is 0 Å². The van der Waals surface area contributed by atoms with E-state index in [-0.39, 0.29) is 23.7 Å². The van der Waals surface area contributed by atoms with Crippen LogP contribution in [0.3, 0.4) is 0 Å². The van der Waals surface area contributed by atoms with Crippen molar-refractivity contribution >= 4 is 11.8 Å². The smallest absolute Gasteiger partial charge is 0.224 e. The molecule has 3 rings (SSSR count). The lowest BCUT2D eigenvalue weighted by molar-refractivity contribution is -0.127. The molecule has 0 bridgehead atoms. The van der Waals surface area contributed by atoms with Crippen molar-refractivity contribution in [2.45, 2.75) is 44.7 Å². The zero-order valence-electron chi connectivity index (χ0n) is 12.0. The van der Waals surface area contributed by atoms with E-state index in [1.807, 2.05) is 12.1 Å². The molecule has 2 saturated carbocycles. The summed E-state index contributed by atoms with van der Waals surface area (Å²) in [5, 5.41) is 5.96. The lowest BCUT2D eigenvalue weighted by Crippen LogP contribution is -2.35. The molecule has 0 radical (unpaired) electrons. The van der Waals surface area contributed by atoms with Gasteiger partial charge in [-0.05, 0) is 37.0 Å². The van der Waals surface area contributed by atoms with E-state index in [0.29, 0.717) is 19.0 Å². The second kappa shape index (κ2) is 6.24. The van der Waals surface area contributed by atoms with Crippen LogP contribution in [0.2, 0.25) is 0 Å². The van der Waals surface area contributed by atoms with Crippen molar-refractivity contribution in [1.29, 1.82) is 0 Å². The SMILES string of the molecule is O=C(NCc1ccncc1)C1CC1C(=O)NC1CCCC1. The Labute approximate surface area is 124 Å². The van der Waals surface area contributed by atoms with Crippen molar-refractivity contribution in [3.05, 3.63) is 30.1 Å². The van der Waals surface area contributed by atoms with Crippen LogP contribution in [-0.2, 0) is 16.1 Å². The van der Waals surface area contributed by atoms with Crippen molar-refractivity contribution in [2.75, 3.05) is 0 Å². The minimum atomic E-state index is -0.145. The molecule has 5 nitrogen and oxygen atoms in total. The average Bonchev–Trinajstić information content (AvgIpc) is 3.16. The van der Waals surface area contributed by atoms with Crippen LogP contribution < -0.4 is 10.6 Å². The predicted molar refractivity (Wildman–Crippen MR) is 78.1 cm³/mol. The number of pyridine rings is 1. The summed E-state index contributed by atoms with van der Waals surface area (Å²) in [4.78, 5) is 28.0. The number of rotatable bonds is 5.